The van der Waals surface area contributed by atoms with Gasteiger partial charge in [0.2, 0.25) is 0 Å². The standard InChI is InChI=1S/C19H16N2O4/c1-24-15-9-7-13(8-10-15)16-11-12-17(25-16)19(23)21-20-18(22)14-5-3-2-4-6-14/h2-12H,1H3,(H,20,22)(H,21,23). The lowest BCUT2D eigenvalue weighted by molar-refractivity contribution is 0.0831. The molecule has 126 valence electrons. The van der Waals surface area contributed by atoms with Crippen LogP contribution in [0.25, 0.3) is 11.3 Å². The lowest BCUT2D eigenvalue weighted by Crippen LogP contribution is -2.41. The van der Waals surface area contributed by atoms with Crippen LogP contribution in [0.3, 0.4) is 0 Å². The molecule has 6 nitrogen and oxygen atoms in total. The van der Waals surface area contributed by atoms with Crippen molar-refractivity contribution in [2.45, 2.75) is 0 Å². The predicted molar refractivity (Wildman–Crippen MR) is 92.1 cm³/mol. The fourth-order valence-electron chi connectivity index (χ4n) is 2.21. The van der Waals surface area contributed by atoms with E-state index in [-0.39, 0.29) is 5.76 Å². The fraction of sp³-hybridized carbons (Fsp3) is 0.0526. The summed E-state index contributed by atoms with van der Waals surface area (Å²) in [6.45, 7) is 0. The summed E-state index contributed by atoms with van der Waals surface area (Å²) >= 11 is 0. The number of hydrogen-bond acceptors (Lipinski definition) is 4. The van der Waals surface area contributed by atoms with E-state index >= 15 is 0 Å². The molecule has 2 aromatic carbocycles. The van der Waals surface area contributed by atoms with Gasteiger partial charge in [0.15, 0.2) is 5.76 Å². The van der Waals surface area contributed by atoms with Gasteiger partial charge in [0.05, 0.1) is 7.11 Å². The van der Waals surface area contributed by atoms with Gasteiger partial charge in [0.1, 0.15) is 11.5 Å². The van der Waals surface area contributed by atoms with Crippen molar-refractivity contribution in [3.8, 4) is 17.1 Å². The van der Waals surface area contributed by atoms with Crippen LogP contribution >= 0.6 is 0 Å². The minimum absolute atomic E-state index is 0.0965. The zero-order valence-corrected chi connectivity index (χ0v) is 13.5. The quantitative estimate of drug-likeness (QED) is 0.718. The Morgan fingerprint density at radius 3 is 2.20 bits per heavy atom. The van der Waals surface area contributed by atoms with Crippen molar-refractivity contribution < 1.29 is 18.7 Å². The lowest BCUT2D eigenvalue weighted by Gasteiger charge is -2.05. The minimum Gasteiger partial charge on any atom is -0.497 e. The Hall–Kier alpha value is -3.54. The number of ether oxygens (including phenoxy) is 1. The Bertz CT molecular complexity index is 870. The number of benzene rings is 2. The minimum atomic E-state index is -0.538. The van der Waals surface area contributed by atoms with E-state index in [9.17, 15) is 9.59 Å². The first-order valence-corrected chi connectivity index (χ1v) is 7.57. The van der Waals surface area contributed by atoms with Gasteiger partial charge in [0, 0.05) is 11.1 Å². The highest BCUT2D eigenvalue weighted by Gasteiger charge is 2.13. The molecule has 0 aliphatic heterocycles. The van der Waals surface area contributed by atoms with Gasteiger partial charge in [-0.25, -0.2) is 0 Å². The molecule has 0 aliphatic carbocycles. The van der Waals surface area contributed by atoms with E-state index in [0.29, 0.717) is 11.3 Å². The third-order valence-corrected chi connectivity index (χ3v) is 3.53. The summed E-state index contributed by atoms with van der Waals surface area (Å²) < 4.78 is 10.6. The van der Waals surface area contributed by atoms with Crippen molar-refractivity contribution in [2.75, 3.05) is 7.11 Å². The van der Waals surface area contributed by atoms with E-state index in [1.165, 1.54) is 0 Å². The molecule has 0 spiro atoms. The van der Waals surface area contributed by atoms with Gasteiger partial charge in [-0.15, -0.1) is 0 Å². The second-order valence-corrected chi connectivity index (χ2v) is 5.17. The first-order valence-electron chi connectivity index (χ1n) is 7.57. The molecule has 6 heteroatoms. The first-order chi connectivity index (χ1) is 12.2. The van der Waals surface area contributed by atoms with Crippen LogP contribution in [0.1, 0.15) is 20.9 Å². The molecule has 0 bridgehead atoms. The van der Waals surface area contributed by atoms with Gasteiger partial charge < -0.3 is 9.15 Å². The number of furan rings is 1. The highest BCUT2D eigenvalue weighted by atomic mass is 16.5. The highest BCUT2D eigenvalue weighted by molar-refractivity contribution is 5.98. The van der Waals surface area contributed by atoms with Crippen molar-refractivity contribution in [3.05, 3.63) is 78.1 Å². The molecule has 1 aromatic heterocycles. The van der Waals surface area contributed by atoms with Crippen LogP contribution in [0, 0.1) is 0 Å². The van der Waals surface area contributed by atoms with E-state index in [4.69, 9.17) is 9.15 Å². The van der Waals surface area contributed by atoms with Gasteiger partial charge >= 0.3 is 5.91 Å². The topological polar surface area (TPSA) is 80.6 Å². The summed E-state index contributed by atoms with van der Waals surface area (Å²) in [5.74, 6) is 0.429. The zero-order valence-electron chi connectivity index (χ0n) is 13.5. The number of methoxy groups -OCH3 is 1. The van der Waals surface area contributed by atoms with Crippen LogP contribution in [0.5, 0.6) is 5.75 Å². The molecule has 0 radical (unpaired) electrons. The van der Waals surface area contributed by atoms with Crippen LogP contribution in [-0.4, -0.2) is 18.9 Å². The van der Waals surface area contributed by atoms with Crippen molar-refractivity contribution in [2.24, 2.45) is 0 Å². The van der Waals surface area contributed by atoms with Gasteiger partial charge in [0.25, 0.3) is 5.91 Å². The molecule has 3 aromatic rings. The number of rotatable bonds is 4. The number of hydrogen-bond donors (Lipinski definition) is 2. The average molecular weight is 336 g/mol. The van der Waals surface area contributed by atoms with E-state index in [1.807, 2.05) is 12.1 Å². The first kappa shape index (κ1) is 16.3. The molecular weight excluding hydrogens is 320 g/mol. The van der Waals surface area contributed by atoms with E-state index < -0.39 is 11.8 Å². The number of carbonyl (C=O) groups is 2. The molecule has 1 heterocycles. The number of nitrogens with one attached hydrogen (secondary N) is 2. The largest absolute Gasteiger partial charge is 0.497 e. The van der Waals surface area contributed by atoms with E-state index in [1.54, 1.807) is 61.7 Å². The Labute approximate surface area is 144 Å². The second kappa shape index (κ2) is 7.35. The summed E-state index contributed by atoms with van der Waals surface area (Å²) in [7, 11) is 1.59. The van der Waals surface area contributed by atoms with Crippen molar-refractivity contribution in [1.29, 1.82) is 0 Å². The second-order valence-electron chi connectivity index (χ2n) is 5.17. The fourth-order valence-corrected chi connectivity index (χ4v) is 2.21. The van der Waals surface area contributed by atoms with Crippen LogP contribution in [0.2, 0.25) is 0 Å². The zero-order chi connectivity index (χ0) is 17.6. The molecule has 0 saturated heterocycles. The predicted octanol–water partition coefficient (Wildman–Crippen LogP) is 3.03. The molecule has 3 rings (SSSR count). The van der Waals surface area contributed by atoms with Crippen LogP contribution < -0.4 is 15.6 Å². The molecule has 0 saturated carbocycles. The summed E-state index contributed by atoms with van der Waals surface area (Å²) in [4.78, 5) is 24.0. The Balaban J connectivity index is 1.63. The normalized spacial score (nSPS) is 10.1. The number of carbonyl (C=O) groups excluding carboxylic acids is 2. The lowest BCUT2D eigenvalue weighted by atomic mass is 10.2. The molecule has 0 fully saturated rings. The molecular formula is C19H16N2O4. The van der Waals surface area contributed by atoms with Gasteiger partial charge in [-0.3, -0.25) is 20.4 Å². The summed E-state index contributed by atoms with van der Waals surface area (Å²) in [5.41, 5.74) is 5.93. The highest BCUT2D eigenvalue weighted by Crippen LogP contribution is 2.24. The monoisotopic (exact) mass is 336 g/mol. The third-order valence-electron chi connectivity index (χ3n) is 3.53. The number of hydrazine groups is 1. The van der Waals surface area contributed by atoms with Crippen molar-refractivity contribution in [3.63, 3.8) is 0 Å². The summed E-state index contributed by atoms with van der Waals surface area (Å²) in [6.07, 6.45) is 0. The molecule has 0 aliphatic rings. The van der Waals surface area contributed by atoms with E-state index in [0.717, 1.165) is 11.3 Å². The van der Waals surface area contributed by atoms with Gasteiger partial charge in [-0.1, -0.05) is 18.2 Å². The van der Waals surface area contributed by atoms with Crippen LogP contribution in [-0.2, 0) is 0 Å². The molecule has 0 atom stereocenters. The maximum atomic E-state index is 12.1. The summed E-state index contributed by atoms with van der Waals surface area (Å²) in [6, 6.07) is 19.1. The molecule has 0 unspecified atom stereocenters. The molecule has 25 heavy (non-hydrogen) atoms. The Morgan fingerprint density at radius 1 is 0.840 bits per heavy atom. The number of amides is 2. The third kappa shape index (κ3) is 3.87. The van der Waals surface area contributed by atoms with E-state index in [2.05, 4.69) is 10.9 Å². The average Bonchev–Trinajstić information content (AvgIpc) is 3.17. The van der Waals surface area contributed by atoms with Crippen molar-refractivity contribution >= 4 is 11.8 Å². The maximum Gasteiger partial charge on any atom is 0.305 e. The van der Waals surface area contributed by atoms with Gasteiger partial charge in [-0.2, -0.15) is 0 Å². The maximum absolute atomic E-state index is 12.1. The Kier molecular flexibility index (Phi) is 4.80. The smallest absolute Gasteiger partial charge is 0.305 e. The van der Waals surface area contributed by atoms with Crippen LogP contribution in [0.15, 0.2) is 71.1 Å². The van der Waals surface area contributed by atoms with Crippen LogP contribution in [0.4, 0.5) is 0 Å². The Morgan fingerprint density at radius 2 is 1.52 bits per heavy atom. The SMILES string of the molecule is COc1ccc(-c2ccc(C(=O)NNC(=O)c3ccccc3)o2)cc1. The summed E-state index contributed by atoms with van der Waals surface area (Å²) in [5, 5.41) is 0. The molecule has 2 amide bonds. The molecule has 2 N–H and O–H groups in total. The van der Waals surface area contributed by atoms with Crippen molar-refractivity contribution in [1.82, 2.24) is 10.9 Å². The van der Waals surface area contributed by atoms with Gasteiger partial charge in [-0.05, 0) is 48.5 Å².